The van der Waals surface area contributed by atoms with Gasteiger partial charge in [-0.05, 0) is 44.0 Å². The number of ether oxygens (including phenoxy) is 1. The van der Waals surface area contributed by atoms with E-state index in [2.05, 4.69) is 5.32 Å². The van der Waals surface area contributed by atoms with Gasteiger partial charge in [-0.2, -0.15) is 0 Å². The van der Waals surface area contributed by atoms with Crippen molar-refractivity contribution in [2.24, 2.45) is 5.92 Å². The fourth-order valence-corrected chi connectivity index (χ4v) is 3.50. The van der Waals surface area contributed by atoms with Crippen molar-refractivity contribution in [1.29, 1.82) is 0 Å². The second-order valence-electron chi connectivity index (χ2n) is 4.61. The van der Waals surface area contributed by atoms with Gasteiger partial charge in [0.1, 0.15) is 5.82 Å². The molecule has 0 saturated carbocycles. The van der Waals surface area contributed by atoms with E-state index >= 15 is 0 Å². The third-order valence-electron chi connectivity index (χ3n) is 3.43. The van der Waals surface area contributed by atoms with Crippen LogP contribution in [0.25, 0.3) is 0 Å². The number of halogens is 1. The van der Waals surface area contributed by atoms with E-state index in [1.54, 1.807) is 23.9 Å². The smallest absolute Gasteiger partial charge is 0.124 e. The summed E-state index contributed by atoms with van der Waals surface area (Å²) in [7, 11) is 2.01. The zero-order valence-electron chi connectivity index (χ0n) is 10.7. The van der Waals surface area contributed by atoms with Gasteiger partial charge in [-0.3, -0.25) is 0 Å². The van der Waals surface area contributed by atoms with Crippen LogP contribution in [0.1, 0.15) is 12.8 Å². The predicted molar refractivity (Wildman–Crippen MR) is 73.5 cm³/mol. The highest BCUT2D eigenvalue weighted by molar-refractivity contribution is 7.99. The fourth-order valence-electron chi connectivity index (χ4n) is 2.32. The molecular weight excluding hydrogens is 249 g/mol. The van der Waals surface area contributed by atoms with Crippen molar-refractivity contribution < 1.29 is 9.13 Å². The van der Waals surface area contributed by atoms with Crippen LogP contribution in [0.15, 0.2) is 29.2 Å². The summed E-state index contributed by atoms with van der Waals surface area (Å²) in [5, 5.41) is 3.39. The molecule has 1 unspecified atom stereocenters. The molecule has 18 heavy (non-hydrogen) atoms. The van der Waals surface area contributed by atoms with Crippen LogP contribution >= 0.6 is 11.8 Å². The van der Waals surface area contributed by atoms with E-state index in [0.29, 0.717) is 12.0 Å². The summed E-state index contributed by atoms with van der Waals surface area (Å²) in [6.07, 6.45) is 2.24. The van der Waals surface area contributed by atoms with Crippen molar-refractivity contribution in [2.45, 2.75) is 23.8 Å². The van der Waals surface area contributed by atoms with E-state index in [9.17, 15) is 4.39 Å². The third kappa shape index (κ3) is 3.97. The predicted octanol–water partition coefficient (Wildman–Crippen LogP) is 2.93. The first kappa shape index (κ1) is 13.8. The normalized spacial score (nSPS) is 18.8. The number of thioether (sulfide) groups is 1. The summed E-state index contributed by atoms with van der Waals surface area (Å²) >= 11 is 1.72. The minimum absolute atomic E-state index is 0.160. The Morgan fingerprint density at radius 2 is 2.22 bits per heavy atom. The maximum atomic E-state index is 13.1. The van der Waals surface area contributed by atoms with Crippen LogP contribution in [-0.2, 0) is 4.74 Å². The maximum Gasteiger partial charge on any atom is 0.124 e. The van der Waals surface area contributed by atoms with E-state index in [4.69, 9.17) is 4.74 Å². The summed E-state index contributed by atoms with van der Waals surface area (Å²) in [6.45, 7) is 1.74. The zero-order valence-corrected chi connectivity index (χ0v) is 11.5. The quantitative estimate of drug-likeness (QED) is 0.830. The van der Waals surface area contributed by atoms with Gasteiger partial charge in [0, 0.05) is 29.9 Å². The second-order valence-corrected chi connectivity index (χ2v) is 5.71. The van der Waals surface area contributed by atoms with Crippen LogP contribution in [0.4, 0.5) is 4.39 Å². The number of hydrogen-bond acceptors (Lipinski definition) is 3. The molecule has 0 aliphatic carbocycles. The van der Waals surface area contributed by atoms with Gasteiger partial charge in [0.15, 0.2) is 0 Å². The Morgan fingerprint density at radius 3 is 2.89 bits per heavy atom. The Kier molecular flexibility index (Phi) is 5.47. The largest absolute Gasteiger partial charge is 0.381 e. The highest BCUT2D eigenvalue weighted by Gasteiger charge is 2.22. The van der Waals surface area contributed by atoms with E-state index in [-0.39, 0.29) is 5.82 Å². The minimum atomic E-state index is -0.160. The van der Waals surface area contributed by atoms with E-state index in [0.717, 1.165) is 36.7 Å². The molecule has 100 valence electrons. The Hall–Kier alpha value is -0.580. The van der Waals surface area contributed by atoms with Gasteiger partial charge in [0.05, 0.1) is 0 Å². The molecule has 2 nitrogen and oxygen atoms in total. The first-order valence-corrected chi connectivity index (χ1v) is 7.41. The second kappa shape index (κ2) is 7.12. The Morgan fingerprint density at radius 1 is 1.44 bits per heavy atom. The maximum absolute atomic E-state index is 13.1. The molecule has 1 aliphatic heterocycles. The SMILES string of the molecule is CNC(CSc1cccc(F)c1)C1CCOCC1. The number of rotatable bonds is 5. The Labute approximate surface area is 112 Å². The summed E-state index contributed by atoms with van der Waals surface area (Å²) < 4.78 is 18.5. The summed E-state index contributed by atoms with van der Waals surface area (Å²) in [4.78, 5) is 1.00. The number of benzene rings is 1. The zero-order chi connectivity index (χ0) is 12.8. The lowest BCUT2D eigenvalue weighted by atomic mass is 9.93. The molecule has 1 aromatic rings. The van der Waals surface area contributed by atoms with Crippen LogP contribution in [0.2, 0.25) is 0 Å². The van der Waals surface area contributed by atoms with Gasteiger partial charge in [-0.25, -0.2) is 4.39 Å². The molecule has 1 heterocycles. The summed E-state index contributed by atoms with van der Waals surface area (Å²) in [6, 6.07) is 7.28. The highest BCUT2D eigenvalue weighted by atomic mass is 32.2. The van der Waals surface area contributed by atoms with Crippen molar-refractivity contribution in [2.75, 3.05) is 26.0 Å². The van der Waals surface area contributed by atoms with Crippen molar-refractivity contribution >= 4 is 11.8 Å². The van der Waals surface area contributed by atoms with Crippen LogP contribution in [0, 0.1) is 11.7 Å². The van der Waals surface area contributed by atoms with Crippen LogP contribution in [-0.4, -0.2) is 32.1 Å². The molecule has 1 aliphatic rings. The molecule has 0 spiro atoms. The average Bonchev–Trinajstić information content (AvgIpc) is 2.41. The number of nitrogens with one attached hydrogen (secondary N) is 1. The van der Waals surface area contributed by atoms with Gasteiger partial charge in [-0.15, -0.1) is 11.8 Å². The van der Waals surface area contributed by atoms with Crippen LogP contribution in [0.3, 0.4) is 0 Å². The first-order chi connectivity index (χ1) is 8.79. The van der Waals surface area contributed by atoms with Gasteiger partial charge < -0.3 is 10.1 Å². The lowest BCUT2D eigenvalue weighted by Crippen LogP contribution is -2.38. The molecule has 1 saturated heterocycles. The highest BCUT2D eigenvalue weighted by Crippen LogP contribution is 2.25. The summed E-state index contributed by atoms with van der Waals surface area (Å²) in [5.41, 5.74) is 0. The van der Waals surface area contributed by atoms with Gasteiger partial charge in [-0.1, -0.05) is 6.07 Å². The molecule has 0 bridgehead atoms. The minimum Gasteiger partial charge on any atom is -0.381 e. The van der Waals surface area contributed by atoms with Crippen molar-refractivity contribution in [3.05, 3.63) is 30.1 Å². The molecule has 0 aromatic heterocycles. The summed E-state index contributed by atoms with van der Waals surface area (Å²) in [5.74, 6) is 1.49. The van der Waals surface area contributed by atoms with Gasteiger partial charge >= 0.3 is 0 Å². The number of hydrogen-bond donors (Lipinski definition) is 1. The van der Waals surface area contributed by atoms with E-state index in [1.165, 1.54) is 6.07 Å². The standard InChI is InChI=1S/C14H20FNOS/c1-16-14(11-5-7-17-8-6-11)10-18-13-4-2-3-12(15)9-13/h2-4,9,11,14,16H,5-8,10H2,1H3. The molecule has 1 aromatic carbocycles. The molecule has 4 heteroatoms. The topological polar surface area (TPSA) is 21.3 Å². The van der Waals surface area contributed by atoms with Crippen molar-refractivity contribution in [1.82, 2.24) is 5.32 Å². The first-order valence-electron chi connectivity index (χ1n) is 6.43. The van der Waals surface area contributed by atoms with Crippen LogP contribution < -0.4 is 5.32 Å². The molecule has 2 rings (SSSR count). The third-order valence-corrected chi connectivity index (χ3v) is 4.54. The molecule has 1 N–H and O–H groups in total. The van der Waals surface area contributed by atoms with E-state index < -0.39 is 0 Å². The Balaban J connectivity index is 1.86. The van der Waals surface area contributed by atoms with Gasteiger partial charge in [0.2, 0.25) is 0 Å². The van der Waals surface area contributed by atoms with Crippen LogP contribution in [0.5, 0.6) is 0 Å². The molecule has 1 fully saturated rings. The molecule has 0 amide bonds. The Bertz CT molecular complexity index is 369. The average molecular weight is 269 g/mol. The molecule has 1 atom stereocenters. The molecular formula is C14H20FNOS. The van der Waals surface area contributed by atoms with E-state index in [1.807, 2.05) is 13.1 Å². The lowest BCUT2D eigenvalue weighted by Gasteiger charge is -2.29. The fraction of sp³-hybridized carbons (Fsp3) is 0.571. The lowest BCUT2D eigenvalue weighted by molar-refractivity contribution is 0.0575. The monoisotopic (exact) mass is 269 g/mol. The van der Waals surface area contributed by atoms with Crippen molar-refractivity contribution in [3.63, 3.8) is 0 Å². The van der Waals surface area contributed by atoms with Crippen molar-refractivity contribution in [3.8, 4) is 0 Å². The van der Waals surface area contributed by atoms with Gasteiger partial charge in [0.25, 0.3) is 0 Å². The molecule has 0 radical (unpaired) electrons.